The Kier molecular flexibility index (Phi) is 73.2. The van der Waals surface area contributed by atoms with Gasteiger partial charge in [-0.05, 0) is 425 Å². The Bertz CT molecular complexity index is 2340. The summed E-state index contributed by atoms with van der Waals surface area (Å²) in [6.07, 6.45) is 51.6. The van der Waals surface area contributed by atoms with Crippen molar-refractivity contribution in [2.45, 2.75) is 228 Å². The van der Waals surface area contributed by atoms with Crippen molar-refractivity contribution in [3.63, 3.8) is 0 Å². The lowest BCUT2D eigenvalue weighted by molar-refractivity contribution is -0.494. The van der Waals surface area contributed by atoms with E-state index >= 15 is 0 Å². The second-order valence-electron chi connectivity index (χ2n) is 39.0. The molecule has 118 heavy (non-hydrogen) atoms. The molecule has 0 radical (unpaired) electrons. The number of rotatable bonds is 0. The first-order valence-electron chi connectivity index (χ1n) is 49.0. The van der Waals surface area contributed by atoms with E-state index in [-0.39, 0.29) is 0 Å². The third kappa shape index (κ3) is 74.0. The summed E-state index contributed by atoms with van der Waals surface area (Å²) in [5.74, 6) is 1.95. The summed E-state index contributed by atoms with van der Waals surface area (Å²) in [5.41, 5.74) is 7.76. The standard InChI is InChI=1S/2C9H17N.C8H18N2.C8H17N2.C8H18N2.C8H17N.2C8H15N.C8H17N.C7H16N2.C7H15N.C6H14N2.C6H11N/c2*1-9-5-3-4-7-10(2)8-6-9;2*1-9-5-3-7-10(2)8-4-6-9;1-9-5-3-4-6-10(2)8-7-9;3*1-8-4-3-6-9(2)7-5-8;1-9-7-5-3-2-4-6-8-9;1-8-4-3-5-9(2)7-6-8;2*1-7-3-5-8(2)6-4-7;1-6-2-4-7-5-3-6/h6H,3-5,7-8H2,1-2H3;5H,3-4,6-8H2,1-2H3;3-8H2,1-2H3;5H,3-4,6-8H2,1-2H3;3-8H2,1-2H3;8H,3-7H2,1-2H3;5H,3-4,6-7H2,1-2H3;4H,3,5-7H2,1-2H3;2-8H2,1H3;3-7H2,1-2H3;7H,3-6H2,1-2H3;3-6H2,1-2H3;2,7H,3-5H2,1H3/q;;;+1;;;;;;;;;/b9-6-;9-5-;;;;;;;;;;;. The van der Waals surface area contributed by atoms with Gasteiger partial charge in [0.2, 0.25) is 0 Å². The van der Waals surface area contributed by atoms with E-state index in [0.717, 1.165) is 31.5 Å². The van der Waals surface area contributed by atoms with Crippen molar-refractivity contribution < 1.29 is 4.58 Å². The Morgan fingerprint density at radius 3 is 0.983 bits per heavy atom. The van der Waals surface area contributed by atoms with Crippen LogP contribution in [0.2, 0.25) is 0 Å². The van der Waals surface area contributed by atoms with Gasteiger partial charge in [-0.25, -0.2) is 4.58 Å². The monoisotopic (exact) mass is 1660 g/mol. The molecule has 0 saturated carbocycles. The minimum absolute atomic E-state index is 0.968. The van der Waals surface area contributed by atoms with E-state index in [1.54, 1.807) is 22.3 Å². The van der Waals surface area contributed by atoms with Gasteiger partial charge in [0.05, 0.1) is 0 Å². The number of nitrogens with one attached hydrogen (secondary N) is 1. The van der Waals surface area contributed by atoms with E-state index in [9.17, 15) is 0 Å². The van der Waals surface area contributed by atoms with Gasteiger partial charge in [0.1, 0.15) is 19.8 Å². The lowest BCUT2D eigenvalue weighted by atomic mass is 10.00. The summed E-state index contributed by atoms with van der Waals surface area (Å²) in [4.78, 5) is 38.4. The predicted molar refractivity (Wildman–Crippen MR) is 526 cm³/mol. The Morgan fingerprint density at radius 1 is 0.237 bits per heavy atom. The fraction of sp³-hybridized carbons (Fsp3) is 0.890. The minimum Gasteiger partial charge on any atom is -0.313 e. The van der Waals surface area contributed by atoms with Crippen molar-refractivity contribution >= 4 is 6.21 Å². The van der Waals surface area contributed by atoms with Crippen molar-refractivity contribution in [3.8, 4) is 0 Å². The molecule has 13 aliphatic heterocycles. The zero-order valence-electron chi connectivity index (χ0n) is 83.8. The van der Waals surface area contributed by atoms with Crippen LogP contribution >= 0.6 is 0 Å². The van der Waals surface area contributed by atoms with E-state index < -0.39 is 0 Å². The molecule has 0 aromatic heterocycles. The smallest absolute Gasteiger partial charge is 0.143 e. The molecule has 1 atom stereocenters. The zero-order chi connectivity index (χ0) is 87.4. The average Bonchev–Trinajstić information content (AvgIpc) is 1.04. The maximum Gasteiger partial charge on any atom is 0.143 e. The van der Waals surface area contributed by atoms with Gasteiger partial charge in [0, 0.05) is 118 Å². The van der Waals surface area contributed by atoms with Gasteiger partial charge < -0.3 is 83.7 Å². The van der Waals surface area contributed by atoms with E-state index in [1.807, 2.05) is 0 Å². The maximum absolute atomic E-state index is 3.24. The van der Waals surface area contributed by atoms with Crippen molar-refractivity contribution in [1.82, 2.24) is 83.7 Å². The van der Waals surface area contributed by atoms with Gasteiger partial charge in [-0.15, -0.1) is 0 Å². The first-order valence-corrected chi connectivity index (χ1v) is 49.0. The van der Waals surface area contributed by atoms with E-state index in [0.29, 0.717) is 0 Å². The van der Waals surface area contributed by atoms with Crippen LogP contribution in [0.1, 0.15) is 228 Å². The van der Waals surface area contributed by atoms with Crippen molar-refractivity contribution in [2.24, 2.45) is 11.8 Å². The normalized spacial score (nSPS) is 25.8. The summed E-state index contributed by atoms with van der Waals surface area (Å²) in [6, 6.07) is 0. The molecule has 7 fully saturated rings. The molecule has 18 nitrogen and oxygen atoms in total. The van der Waals surface area contributed by atoms with Gasteiger partial charge in [-0.3, -0.25) is 0 Å². The molecule has 18 heteroatoms. The first kappa shape index (κ1) is 114. The molecule has 0 aromatic rings. The SMILES string of the molecule is C/C1=C/CCCN(C)CC1.C/C1=C/CN(C)CCCC1.CC1=CCCN(C)CC1.CC1=CCN(C)CCC1.CC1=CCNCC1.CC1CCCN(C)CC1.CC1CCN(C)CC1.CN1CCC=[N+](C)CCC1.CN1CCCCCCC1.CN1CCCCN(C)CC1.CN1CCCN(C)CC1.CN1CCCN(C)CCC1.CN1CCN(C)CC1. The molecule has 1 unspecified atom stereocenters. The molecule has 13 heterocycles. The second-order valence-corrected chi connectivity index (χ2v) is 39.0. The van der Waals surface area contributed by atoms with Crippen LogP contribution in [0.4, 0.5) is 0 Å². The maximum atomic E-state index is 3.24. The van der Waals surface area contributed by atoms with Crippen molar-refractivity contribution in [3.05, 3.63) is 58.2 Å². The lowest BCUT2D eigenvalue weighted by Crippen LogP contribution is -2.42. The van der Waals surface area contributed by atoms with Gasteiger partial charge in [-0.1, -0.05) is 91.4 Å². The topological polar surface area (TPSA) is 66.9 Å². The molecule has 0 bridgehead atoms. The highest BCUT2D eigenvalue weighted by molar-refractivity contribution is 5.51. The van der Waals surface area contributed by atoms with E-state index in [2.05, 4.69) is 293 Å². The van der Waals surface area contributed by atoms with E-state index in [4.69, 9.17) is 0 Å². The van der Waals surface area contributed by atoms with Crippen LogP contribution in [-0.2, 0) is 0 Å². The van der Waals surface area contributed by atoms with Crippen molar-refractivity contribution in [2.75, 3.05) is 349 Å². The molecule has 0 amide bonds. The second kappa shape index (κ2) is 76.0. The highest BCUT2D eigenvalue weighted by atomic mass is 15.2. The number of piperazine rings is 1. The molecule has 0 spiro atoms. The number of allylic oxidation sites excluding steroid dienone is 3. The number of hydrogen-bond acceptors (Lipinski definition) is 17. The summed E-state index contributed by atoms with van der Waals surface area (Å²) in [6.45, 7) is 59.4. The van der Waals surface area contributed by atoms with Gasteiger partial charge in [0.25, 0.3) is 0 Å². The molecule has 13 aliphatic rings. The van der Waals surface area contributed by atoms with Gasteiger partial charge in [0.15, 0.2) is 0 Å². The summed E-state index contributed by atoms with van der Waals surface area (Å²) in [7, 11) is 37.3. The number of likely N-dealkylation sites (tertiary alicyclic amines) is 3. The van der Waals surface area contributed by atoms with Gasteiger partial charge in [-0.2, -0.15) is 0 Å². The predicted octanol–water partition coefficient (Wildman–Crippen LogP) is 15.1. The van der Waals surface area contributed by atoms with Gasteiger partial charge >= 0.3 is 0 Å². The molecule has 0 aromatic carbocycles. The van der Waals surface area contributed by atoms with E-state index in [1.165, 1.54) is 395 Å². The number of nitrogens with zero attached hydrogens (tertiary/aromatic N) is 17. The molecule has 0 aliphatic carbocycles. The van der Waals surface area contributed by atoms with Crippen LogP contribution in [0.3, 0.4) is 0 Å². The van der Waals surface area contributed by atoms with Crippen LogP contribution < -0.4 is 5.32 Å². The molecule has 7 saturated heterocycles. The van der Waals surface area contributed by atoms with Crippen LogP contribution in [-0.4, -0.2) is 438 Å². The summed E-state index contributed by atoms with van der Waals surface area (Å²) >= 11 is 0. The number of hydrogen-bond donors (Lipinski definition) is 1. The molecule has 696 valence electrons. The molecule has 13 rings (SSSR count). The summed E-state index contributed by atoms with van der Waals surface area (Å²) < 4.78 is 2.30. The first-order chi connectivity index (χ1) is 56.5. The molecule has 1 N–H and O–H groups in total. The van der Waals surface area contributed by atoms with Crippen LogP contribution in [0.15, 0.2) is 58.2 Å². The highest BCUT2D eigenvalue weighted by Crippen LogP contribution is 2.17. The van der Waals surface area contributed by atoms with Crippen LogP contribution in [0.25, 0.3) is 0 Å². The quantitative estimate of drug-likeness (QED) is 0.185. The minimum atomic E-state index is 0.968. The Morgan fingerprint density at radius 2 is 0.534 bits per heavy atom. The summed E-state index contributed by atoms with van der Waals surface area (Å²) in [5, 5.41) is 3.24. The van der Waals surface area contributed by atoms with Crippen LogP contribution in [0.5, 0.6) is 0 Å². The third-order valence-corrected chi connectivity index (χ3v) is 25.6. The fourth-order valence-corrected chi connectivity index (χ4v) is 15.7. The number of likely N-dealkylation sites (N-methyl/N-ethyl adjacent to an activating group) is 8. The molecular weight excluding hydrogens is 1450 g/mol. The zero-order valence-corrected chi connectivity index (χ0v) is 83.8. The Labute approximate surface area is 737 Å². The van der Waals surface area contributed by atoms with Crippen LogP contribution in [0, 0.1) is 11.8 Å². The number of piperidine rings is 1. The fourth-order valence-electron chi connectivity index (χ4n) is 15.7. The Balaban J connectivity index is 0.000000640. The Hall–Kier alpha value is -2.31. The average molecular weight is 1660 g/mol. The molecular formula is C100H207N18+. The largest absolute Gasteiger partial charge is 0.313 e. The van der Waals surface area contributed by atoms with Crippen molar-refractivity contribution in [1.29, 1.82) is 0 Å². The third-order valence-electron chi connectivity index (χ3n) is 25.6. The lowest BCUT2D eigenvalue weighted by Gasteiger charge is -2.28. The highest BCUT2D eigenvalue weighted by Gasteiger charge is 2.15.